The molecule has 2 nitrogen and oxygen atoms in total. The van der Waals surface area contributed by atoms with Gasteiger partial charge in [0.1, 0.15) is 0 Å². The Morgan fingerprint density at radius 3 is 3.00 bits per heavy atom. The SMILES string of the molecule is COC(=O)/C=C/C=C1\C=CCCc2ccccc21. The Morgan fingerprint density at radius 2 is 2.17 bits per heavy atom. The minimum atomic E-state index is -0.335. The van der Waals surface area contributed by atoms with Crippen LogP contribution in [-0.2, 0) is 16.0 Å². The number of methoxy groups -OCH3 is 1. The van der Waals surface area contributed by atoms with E-state index < -0.39 is 0 Å². The van der Waals surface area contributed by atoms with E-state index in [9.17, 15) is 4.79 Å². The number of ether oxygens (including phenoxy) is 1. The molecule has 1 aromatic rings. The normalized spacial score (nSPS) is 16.6. The maximum absolute atomic E-state index is 11.0. The Balaban J connectivity index is 2.29. The highest BCUT2D eigenvalue weighted by Gasteiger charge is 2.06. The van der Waals surface area contributed by atoms with Crippen LogP contribution in [0.25, 0.3) is 5.57 Å². The van der Waals surface area contributed by atoms with E-state index in [-0.39, 0.29) is 5.97 Å². The number of carbonyl (C=O) groups excluding carboxylic acids is 1. The predicted octanol–water partition coefficient (Wildman–Crippen LogP) is 3.30. The van der Waals surface area contributed by atoms with Crippen LogP contribution in [0, 0.1) is 0 Å². The number of esters is 1. The summed E-state index contributed by atoms with van der Waals surface area (Å²) in [4.78, 5) is 11.0. The summed E-state index contributed by atoms with van der Waals surface area (Å²) in [6.07, 6.45) is 11.5. The molecule has 0 atom stereocenters. The first kappa shape index (κ1) is 12.4. The molecule has 0 unspecified atom stereocenters. The molecule has 1 aliphatic rings. The third-order valence-corrected chi connectivity index (χ3v) is 2.92. The maximum Gasteiger partial charge on any atom is 0.330 e. The van der Waals surface area contributed by atoms with Gasteiger partial charge in [-0.05, 0) is 29.5 Å². The van der Waals surface area contributed by atoms with Gasteiger partial charge in [0.05, 0.1) is 7.11 Å². The van der Waals surface area contributed by atoms with E-state index in [4.69, 9.17) is 0 Å². The van der Waals surface area contributed by atoms with Gasteiger partial charge in [0, 0.05) is 6.08 Å². The zero-order valence-corrected chi connectivity index (χ0v) is 10.4. The number of hydrogen-bond acceptors (Lipinski definition) is 2. The zero-order valence-electron chi connectivity index (χ0n) is 10.4. The van der Waals surface area contributed by atoms with E-state index >= 15 is 0 Å². The third-order valence-electron chi connectivity index (χ3n) is 2.92. The van der Waals surface area contributed by atoms with Crippen LogP contribution in [-0.4, -0.2) is 13.1 Å². The Bertz CT molecular complexity index is 522. The molecule has 0 aliphatic heterocycles. The maximum atomic E-state index is 11.0. The highest BCUT2D eigenvalue weighted by molar-refractivity contribution is 5.84. The lowest BCUT2D eigenvalue weighted by molar-refractivity contribution is -0.134. The van der Waals surface area contributed by atoms with E-state index in [1.54, 1.807) is 6.08 Å². The molecule has 2 rings (SSSR count). The van der Waals surface area contributed by atoms with Crippen molar-refractivity contribution in [1.82, 2.24) is 0 Å². The molecule has 0 radical (unpaired) electrons. The average molecular weight is 240 g/mol. The zero-order chi connectivity index (χ0) is 12.8. The third kappa shape index (κ3) is 2.98. The van der Waals surface area contributed by atoms with Crippen molar-refractivity contribution in [2.24, 2.45) is 0 Å². The van der Waals surface area contributed by atoms with Gasteiger partial charge in [-0.25, -0.2) is 4.79 Å². The van der Waals surface area contributed by atoms with Gasteiger partial charge in [0.15, 0.2) is 0 Å². The van der Waals surface area contributed by atoms with E-state index in [0.717, 1.165) is 18.4 Å². The molecule has 18 heavy (non-hydrogen) atoms. The molecular weight excluding hydrogens is 224 g/mol. The molecule has 0 amide bonds. The van der Waals surface area contributed by atoms with Crippen molar-refractivity contribution in [2.75, 3.05) is 7.11 Å². The summed E-state index contributed by atoms with van der Waals surface area (Å²) < 4.78 is 4.56. The molecule has 0 spiro atoms. The van der Waals surface area contributed by atoms with Gasteiger partial charge in [-0.2, -0.15) is 0 Å². The fourth-order valence-corrected chi connectivity index (χ4v) is 2.00. The van der Waals surface area contributed by atoms with Gasteiger partial charge in [-0.15, -0.1) is 0 Å². The van der Waals surface area contributed by atoms with Crippen molar-refractivity contribution < 1.29 is 9.53 Å². The second-order valence-electron chi connectivity index (χ2n) is 4.10. The van der Waals surface area contributed by atoms with Crippen LogP contribution < -0.4 is 0 Å². The number of aryl methyl sites for hydroxylation is 1. The molecule has 0 saturated carbocycles. The van der Waals surface area contributed by atoms with Crippen LogP contribution in [0.4, 0.5) is 0 Å². The predicted molar refractivity (Wildman–Crippen MR) is 73.0 cm³/mol. The molecule has 0 aromatic heterocycles. The Hall–Kier alpha value is -2.09. The first-order valence-corrected chi connectivity index (χ1v) is 6.02. The van der Waals surface area contributed by atoms with Crippen molar-refractivity contribution >= 4 is 11.5 Å². The first-order valence-electron chi connectivity index (χ1n) is 6.02. The number of benzene rings is 1. The highest BCUT2D eigenvalue weighted by atomic mass is 16.5. The Labute approximate surface area is 107 Å². The summed E-state index contributed by atoms with van der Waals surface area (Å²) in [6, 6.07) is 8.37. The van der Waals surface area contributed by atoms with E-state index in [1.165, 1.54) is 24.3 Å². The van der Waals surface area contributed by atoms with E-state index in [0.29, 0.717) is 0 Å². The Kier molecular flexibility index (Phi) is 4.13. The number of rotatable bonds is 2. The van der Waals surface area contributed by atoms with Crippen molar-refractivity contribution in [1.29, 1.82) is 0 Å². The summed E-state index contributed by atoms with van der Waals surface area (Å²) in [5.41, 5.74) is 3.71. The Morgan fingerprint density at radius 1 is 1.33 bits per heavy atom. The van der Waals surface area contributed by atoms with Crippen molar-refractivity contribution in [2.45, 2.75) is 12.8 Å². The summed E-state index contributed by atoms with van der Waals surface area (Å²) in [6.45, 7) is 0. The van der Waals surface area contributed by atoms with Crippen molar-refractivity contribution in [3.63, 3.8) is 0 Å². The van der Waals surface area contributed by atoms with Crippen LogP contribution >= 0.6 is 0 Å². The monoisotopic (exact) mass is 240 g/mol. The van der Waals surface area contributed by atoms with Crippen molar-refractivity contribution in [3.05, 3.63) is 65.8 Å². The van der Waals surface area contributed by atoms with Crippen LogP contribution in [0.5, 0.6) is 0 Å². The lowest BCUT2D eigenvalue weighted by Gasteiger charge is -2.06. The fraction of sp³-hybridized carbons (Fsp3) is 0.188. The average Bonchev–Trinajstić information content (AvgIpc) is 2.61. The van der Waals surface area contributed by atoms with Gasteiger partial charge in [0.2, 0.25) is 0 Å². The molecule has 0 heterocycles. The highest BCUT2D eigenvalue weighted by Crippen LogP contribution is 2.25. The minimum Gasteiger partial charge on any atom is -0.466 e. The lowest BCUT2D eigenvalue weighted by Crippen LogP contribution is -1.93. The minimum absolute atomic E-state index is 0.335. The van der Waals surface area contributed by atoms with E-state index in [1.807, 2.05) is 12.1 Å². The second kappa shape index (κ2) is 6.01. The number of allylic oxidation sites excluding steroid dienone is 5. The number of hydrogen-bond donors (Lipinski definition) is 0. The second-order valence-corrected chi connectivity index (χ2v) is 4.10. The molecule has 0 saturated heterocycles. The van der Waals surface area contributed by atoms with Gasteiger partial charge >= 0.3 is 5.97 Å². The number of carbonyl (C=O) groups is 1. The van der Waals surface area contributed by atoms with Crippen LogP contribution in [0.15, 0.2) is 54.6 Å². The molecule has 1 aromatic carbocycles. The fourth-order valence-electron chi connectivity index (χ4n) is 2.00. The molecular formula is C16H16O2. The van der Waals surface area contributed by atoms with Gasteiger partial charge in [-0.1, -0.05) is 48.6 Å². The van der Waals surface area contributed by atoms with Crippen LogP contribution in [0.1, 0.15) is 17.5 Å². The lowest BCUT2D eigenvalue weighted by atomic mass is 9.99. The molecule has 0 N–H and O–H groups in total. The van der Waals surface area contributed by atoms with Crippen LogP contribution in [0.3, 0.4) is 0 Å². The molecule has 92 valence electrons. The molecule has 0 fully saturated rings. The smallest absolute Gasteiger partial charge is 0.330 e. The molecule has 2 heteroatoms. The number of fused-ring (bicyclic) bond motifs is 1. The summed E-state index contributed by atoms with van der Waals surface area (Å²) >= 11 is 0. The summed E-state index contributed by atoms with van der Waals surface area (Å²) in [5.74, 6) is -0.335. The van der Waals surface area contributed by atoms with Gasteiger partial charge in [-0.3, -0.25) is 0 Å². The summed E-state index contributed by atoms with van der Waals surface area (Å²) in [7, 11) is 1.38. The largest absolute Gasteiger partial charge is 0.466 e. The molecule has 0 bridgehead atoms. The van der Waals surface area contributed by atoms with Gasteiger partial charge < -0.3 is 4.74 Å². The summed E-state index contributed by atoms with van der Waals surface area (Å²) in [5, 5.41) is 0. The van der Waals surface area contributed by atoms with E-state index in [2.05, 4.69) is 35.1 Å². The first-order chi connectivity index (χ1) is 8.81. The standard InChI is InChI=1S/C16H16O2/c1-18-16(17)12-6-10-14-8-3-2-7-13-9-4-5-11-15(13)14/h3-6,8-12H,2,7H2,1H3/b12-6+,14-10+. The topological polar surface area (TPSA) is 26.3 Å². The van der Waals surface area contributed by atoms with Crippen molar-refractivity contribution in [3.8, 4) is 0 Å². The quantitative estimate of drug-likeness (QED) is 0.585. The van der Waals surface area contributed by atoms with Gasteiger partial charge in [0.25, 0.3) is 0 Å². The van der Waals surface area contributed by atoms with Crippen LogP contribution in [0.2, 0.25) is 0 Å². The molecule has 1 aliphatic carbocycles.